The predicted octanol–water partition coefficient (Wildman–Crippen LogP) is 4.77. The fourth-order valence-electron chi connectivity index (χ4n) is 3.19. The number of carbonyl (C=O) groups excluding carboxylic acids is 1. The summed E-state index contributed by atoms with van der Waals surface area (Å²) in [5.74, 6) is -1.54. The second-order valence-electron chi connectivity index (χ2n) is 7.61. The van der Waals surface area contributed by atoms with Gasteiger partial charge in [0.1, 0.15) is 12.4 Å². The van der Waals surface area contributed by atoms with Crippen molar-refractivity contribution in [1.29, 1.82) is 0 Å². The van der Waals surface area contributed by atoms with Crippen LogP contribution in [0.25, 0.3) is 17.0 Å². The van der Waals surface area contributed by atoms with Crippen LogP contribution in [0.2, 0.25) is 0 Å². The quantitative estimate of drug-likeness (QED) is 0.510. The second kappa shape index (κ2) is 10.1. The number of alkyl halides is 6. The molecule has 6 nitrogen and oxygen atoms in total. The van der Waals surface area contributed by atoms with Gasteiger partial charge in [0.2, 0.25) is 5.91 Å². The summed E-state index contributed by atoms with van der Waals surface area (Å²) in [6.45, 7) is 3.66. The third-order valence-electron chi connectivity index (χ3n) is 5.06. The summed E-state index contributed by atoms with van der Waals surface area (Å²) in [4.78, 5) is 15.8. The van der Waals surface area contributed by atoms with Crippen molar-refractivity contribution >= 4 is 11.6 Å². The highest BCUT2D eigenvalue weighted by Crippen LogP contribution is 2.33. The van der Waals surface area contributed by atoms with Crippen LogP contribution in [0.1, 0.15) is 24.8 Å². The van der Waals surface area contributed by atoms with Gasteiger partial charge in [0.05, 0.1) is 29.8 Å². The summed E-state index contributed by atoms with van der Waals surface area (Å²) in [5.41, 5.74) is -0.635. The highest BCUT2D eigenvalue weighted by Gasteiger charge is 2.40. The third-order valence-corrected chi connectivity index (χ3v) is 5.06. The van der Waals surface area contributed by atoms with Crippen LogP contribution in [0, 0.1) is 5.82 Å². The summed E-state index contributed by atoms with van der Waals surface area (Å²) >= 11 is 0. The number of rotatable bonds is 9. The molecular weight excluding hydrogens is 475 g/mol. The van der Waals surface area contributed by atoms with Crippen molar-refractivity contribution in [3.63, 3.8) is 0 Å². The van der Waals surface area contributed by atoms with Crippen molar-refractivity contribution in [3.05, 3.63) is 48.7 Å². The summed E-state index contributed by atoms with van der Waals surface area (Å²) in [5, 5.41) is 2.57. The minimum Gasteiger partial charge on any atom is -0.368 e. The highest BCUT2D eigenvalue weighted by molar-refractivity contribution is 5.77. The maximum atomic E-state index is 14.1. The van der Waals surface area contributed by atoms with Crippen LogP contribution in [-0.2, 0) is 20.4 Å². The number of nitrogens with one attached hydrogen (secondary N) is 1. The van der Waals surface area contributed by atoms with Gasteiger partial charge in [0.25, 0.3) is 0 Å². The molecule has 3 rings (SSSR count). The minimum atomic E-state index is -4.70. The smallest absolute Gasteiger partial charge is 0.368 e. The Morgan fingerprint density at radius 2 is 1.88 bits per heavy atom. The van der Waals surface area contributed by atoms with E-state index in [-0.39, 0.29) is 43.7 Å². The Morgan fingerprint density at radius 1 is 1.18 bits per heavy atom. The van der Waals surface area contributed by atoms with E-state index in [4.69, 9.17) is 4.74 Å². The van der Waals surface area contributed by atoms with Gasteiger partial charge in [-0.1, -0.05) is 6.58 Å². The average Bonchev–Trinajstić information content (AvgIpc) is 3.18. The number of hydrogen-bond donors (Lipinski definition) is 1. The average molecular weight is 495 g/mol. The molecule has 2 aromatic rings. The molecule has 0 spiro atoms. The third kappa shape index (κ3) is 7.03. The van der Waals surface area contributed by atoms with Gasteiger partial charge in [-0.25, -0.2) is 9.37 Å². The van der Waals surface area contributed by atoms with Gasteiger partial charge in [-0.2, -0.15) is 13.2 Å². The van der Waals surface area contributed by atoms with E-state index in [1.54, 1.807) is 0 Å². The lowest BCUT2D eigenvalue weighted by Crippen LogP contribution is -2.42. The van der Waals surface area contributed by atoms with Crippen LogP contribution in [-0.4, -0.2) is 47.2 Å². The standard InChI is InChI=1S/C21H20F7N3O3/c1-12(4-5-29-19(32)10-33-14-7-15(8-14)34-21(26,27)28)31-9-18(30-11-31)16-3-2-13(6-17(16)22)20(23,24)25/h2-3,6,9,11,14-15H,1,4-5,7-8,10H2,(H,29,32). The molecule has 1 aliphatic carbocycles. The number of amides is 1. The molecule has 0 atom stereocenters. The summed E-state index contributed by atoms with van der Waals surface area (Å²) < 4.78 is 98.9. The molecule has 1 aliphatic rings. The normalized spacial score (nSPS) is 18.4. The molecule has 186 valence electrons. The number of ether oxygens (including phenoxy) is 2. The number of imidazole rings is 1. The van der Waals surface area contributed by atoms with Crippen molar-refractivity contribution in [2.24, 2.45) is 0 Å². The molecule has 34 heavy (non-hydrogen) atoms. The number of benzene rings is 1. The summed E-state index contributed by atoms with van der Waals surface area (Å²) in [6, 6.07) is 2.15. The summed E-state index contributed by atoms with van der Waals surface area (Å²) in [7, 11) is 0. The van der Waals surface area contributed by atoms with Crippen molar-refractivity contribution in [3.8, 4) is 11.3 Å². The molecule has 1 fully saturated rings. The molecule has 0 aliphatic heterocycles. The molecule has 13 heteroatoms. The number of halogens is 7. The maximum Gasteiger partial charge on any atom is 0.522 e. The van der Waals surface area contributed by atoms with Gasteiger partial charge in [-0.3, -0.25) is 9.53 Å². The van der Waals surface area contributed by atoms with E-state index in [0.29, 0.717) is 11.8 Å². The number of aromatic nitrogens is 2. The number of nitrogens with zero attached hydrogens (tertiary/aromatic N) is 2. The van der Waals surface area contributed by atoms with Gasteiger partial charge in [-0.05, 0) is 18.2 Å². The maximum absolute atomic E-state index is 14.1. The zero-order chi connectivity index (χ0) is 25.1. The monoisotopic (exact) mass is 495 g/mol. The van der Waals surface area contributed by atoms with E-state index in [2.05, 4.69) is 21.6 Å². The molecular formula is C21H20F7N3O3. The van der Waals surface area contributed by atoms with Crippen molar-refractivity contribution in [2.75, 3.05) is 13.2 Å². The lowest BCUT2D eigenvalue weighted by atomic mass is 9.92. The van der Waals surface area contributed by atoms with Gasteiger partial charge < -0.3 is 14.6 Å². The molecule has 1 aromatic heterocycles. The van der Waals surface area contributed by atoms with Gasteiger partial charge in [0, 0.05) is 43.3 Å². The Bertz CT molecular complexity index is 1030. The first-order chi connectivity index (χ1) is 15.8. The second-order valence-corrected chi connectivity index (χ2v) is 7.61. The molecule has 0 radical (unpaired) electrons. The van der Waals surface area contributed by atoms with E-state index in [0.717, 1.165) is 12.1 Å². The van der Waals surface area contributed by atoms with Crippen molar-refractivity contribution in [2.45, 2.75) is 44.0 Å². The van der Waals surface area contributed by atoms with Crippen LogP contribution in [0.5, 0.6) is 0 Å². The Kier molecular flexibility index (Phi) is 7.66. The first-order valence-corrected chi connectivity index (χ1v) is 10.0. The SMILES string of the molecule is C=C(CCNC(=O)COC1CC(OC(F)(F)F)C1)n1cnc(-c2ccc(C(F)(F)F)cc2F)c1. The number of hydrogen-bond acceptors (Lipinski definition) is 4. The van der Waals surface area contributed by atoms with Gasteiger partial charge >= 0.3 is 12.5 Å². The minimum absolute atomic E-state index is 0.0477. The van der Waals surface area contributed by atoms with E-state index < -0.39 is 42.0 Å². The molecule has 1 heterocycles. The first-order valence-electron chi connectivity index (χ1n) is 10.0. The van der Waals surface area contributed by atoms with Crippen molar-refractivity contribution < 1.29 is 45.0 Å². The lowest BCUT2D eigenvalue weighted by Gasteiger charge is -2.34. The molecule has 1 aromatic carbocycles. The lowest BCUT2D eigenvalue weighted by molar-refractivity contribution is -0.357. The van der Waals surface area contributed by atoms with Crippen LogP contribution in [0.4, 0.5) is 30.7 Å². The number of carbonyl (C=O) groups is 1. The first kappa shape index (κ1) is 25.7. The molecule has 0 unspecified atom stereocenters. The largest absolute Gasteiger partial charge is 0.522 e. The Balaban J connectivity index is 1.40. The summed E-state index contributed by atoms with van der Waals surface area (Å²) in [6.07, 6.45) is -7.73. The fourth-order valence-corrected chi connectivity index (χ4v) is 3.19. The fraction of sp³-hybridized carbons (Fsp3) is 0.429. The van der Waals surface area contributed by atoms with E-state index in [1.807, 2.05) is 0 Å². The Morgan fingerprint density at radius 3 is 2.50 bits per heavy atom. The zero-order valence-electron chi connectivity index (χ0n) is 17.5. The highest BCUT2D eigenvalue weighted by atomic mass is 19.4. The molecule has 0 saturated heterocycles. The van der Waals surface area contributed by atoms with Crippen LogP contribution in [0.15, 0.2) is 37.3 Å². The van der Waals surface area contributed by atoms with Crippen LogP contribution >= 0.6 is 0 Å². The topological polar surface area (TPSA) is 65.4 Å². The molecule has 0 bridgehead atoms. The van der Waals surface area contributed by atoms with Crippen LogP contribution in [0.3, 0.4) is 0 Å². The Hall–Kier alpha value is -2.93. The van der Waals surface area contributed by atoms with Crippen LogP contribution < -0.4 is 5.32 Å². The van der Waals surface area contributed by atoms with Gasteiger partial charge in [-0.15, -0.1) is 13.2 Å². The molecule has 1 amide bonds. The van der Waals surface area contributed by atoms with E-state index >= 15 is 0 Å². The Labute approximate surface area is 189 Å². The molecule has 1 N–H and O–H groups in total. The van der Waals surface area contributed by atoms with E-state index in [9.17, 15) is 35.5 Å². The van der Waals surface area contributed by atoms with E-state index in [1.165, 1.54) is 17.1 Å². The van der Waals surface area contributed by atoms with Crippen molar-refractivity contribution in [1.82, 2.24) is 14.9 Å². The van der Waals surface area contributed by atoms with Gasteiger partial charge in [0.15, 0.2) is 0 Å². The molecule has 1 saturated carbocycles. The predicted molar refractivity (Wildman–Crippen MR) is 105 cm³/mol. The zero-order valence-corrected chi connectivity index (χ0v) is 17.5.